The van der Waals surface area contributed by atoms with E-state index in [1.807, 2.05) is 11.9 Å². The Labute approximate surface area is 113 Å². The number of rotatable bonds is 4. The molecule has 18 heavy (non-hydrogen) atoms. The molecule has 0 aliphatic carbocycles. The van der Waals surface area contributed by atoms with Crippen molar-refractivity contribution in [3.05, 3.63) is 23.1 Å². The molecule has 0 saturated carbocycles. The van der Waals surface area contributed by atoms with Gasteiger partial charge in [-0.2, -0.15) is 0 Å². The van der Waals surface area contributed by atoms with Crippen LogP contribution in [0.15, 0.2) is 12.3 Å². The van der Waals surface area contributed by atoms with E-state index in [0.717, 1.165) is 19.6 Å². The van der Waals surface area contributed by atoms with Crippen LogP contribution in [-0.2, 0) is 0 Å². The van der Waals surface area contributed by atoms with Crippen molar-refractivity contribution in [2.75, 3.05) is 31.6 Å². The Morgan fingerprint density at radius 3 is 3.06 bits per heavy atom. The van der Waals surface area contributed by atoms with Crippen LogP contribution in [0.25, 0.3) is 0 Å². The Bertz CT molecular complexity index is 413. The van der Waals surface area contributed by atoms with Gasteiger partial charge >= 0.3 is 0 Å². The second-order valence-corrected chi connectivity index (χ2v) is 5.20. The van der Waals surface area contributed by atoms with Crippen LogP contribution in [0.4, 0.5) is 10.2 Å². The van der Waals surface area contributed by atoms with Crippen molar-refractivity contribution in [2.24, 2.45) is 0 Å². The maximum atomic E-state index is 13.8. The van der Waals surface area contributed by atoms with Crippen molar-refractivity contribution < 1.29 is 4.39 Å². The monoisotopic (exact) mass is 271 g/mol. The minimum Gasteiger partial charge on any atom is -0.356 e. The molecule has 1 aromatic heterocycles. The minimum atomic E-state index is -0.356. The molecule has 100 valence electrons. The molecule has 1 unspecified atom stereocenters. The van der Waals surface area contributed by atoms with Crippen LogP contribution >= 0.6 is 11.6 Å². The summed E-state index contributed by atoms with van der Waals surface area (Å²) in [5.41, 5.74) is 0. The normalized spacial score (nSPS) is 20.3. The van der Waals surface area contributed by atoms with Crippen molar-refractivity contribution >= 4 is 17.4 Å². The fraction of sp³-hybridized carbons (Fsp3) is 0.615. The van der Waals surface area contributed by atoms with E-state index < -0.39 is 0 Å². The van der Waals surface area contributed by atoms with E-state index in [2.05, 4.69) is 16.8 Å². The molecule has 2 rings (SSSR count). The van der Waals surface area contributed by atoms with Gasteiger partial charge in [0.15, 0.2) is 11.6 Å². The fourth-order valence-electron chi connectivity index (χ4n) is 2.61. The number of anilines is 1. The lowest BCUT2D eigenvalue weighted by Crippen LogP contribution is -2.39. The van der Waals surface area contributed by atoms with Crippen molar-refractivity contribution in [3.8, 4) is 0 Å². The number of likely N-dealkylation sites (tertiary alicyclic amines) is 1. The molecular weight excluding hydrogens is 253 g/mol. The van der Waals surface area contributed by atoms with Gasteiger partial charge < -0.3 is 4.90 Å². The van der Waals surface area contributed by atoms with Crippen LogP contribution < -0.4 is 4.90 Å². The Hall–Kier alpha value is -0.870. The molecule has 0 aromatic carbocycles. The summed E-state index contributed by atoms with van der Waals surface area (Å²) in [6.45, 7) is 5.17. The lowest BCUT2D eigenvalue weighted by Gasteiger charge is -2.28. The second-order valence-electron chi connectivity index (χ2n) is 4.76. The van der Waals surface area contributed by atoms with Crippen LogP contribution in [0.2, 0.25) is 5.02 Å². The Morgan fingerprint density at radius 1 is 1.61 bits per heavy atom. The summed E-state index contributed by atoms with van der Waals surface area (Å²) in [4.78, 5) is 8.39. The number of halogens is 2. The summed E-state index contributed by atoms with van der Waals surface area (Å²) in [5.74, 6) is 0.0217. The third kappa shape index (κ3) is 2.93. The van der Waals surface area contributed by atoms with Crippen LogP contribution in [0.1, 0.15) is 19.8 Å². The van der Waals surface area contributed by atoms with Crippen molar-refractivity contribution in [3.63, 3.8) is 0 Å². The predicted octanol–water partition coefficient (Wildman–Crippen LogP) is 2.79. The SMILES string of the molecule is CCN1CCCC1CN(C)c1ncc(Cl)cc1F. The van der Waals surface area contributed by atoms with E-state index in [1.165, 1.54) is 25.1 Å². The molecule has 1 aliphatic rings. The molecular formula is C13H19ClFN3. The van der Waals surface area contributed by atoms with E-state index in [9.17, 15) is 4.39 Å². The first-order chi connectivity index (χ1) is 8.61. The van der Waals surface area contributed by atoms with Gasteiger partial charge in [-0.3, -0.25) is 4.90 Å². The Balaban J connectivity index is 2.05. The molecule has 2 heterocycles. The topological polar surface area (TPSA) is 19.4 Å². The number of hydrogen-bond acceptors (Lipinski definition) is 3. The van der Waals surface area contributed by atoms with E-state index in [1.54, 1.807) is 0 Å². The van der Waals surface area contributed by atoms with E-state index in [-0.39, 0.29) is 5.82 Å². The summed E-state index contributed by atoms with van der Waals surface area (Å²) in [6, 6.07) is 1.81. The van der Waals surface area contributed by atoms with Crippen molar-refractivity contribution in [1.29, 1.82) is 0 Å². The van der Waals surface area contributed by atoms with Gasteiger partial charge in [-0.1, -0.05) is 18.5 Å². The van der Waals surface area contributed by atoms with Gasteiger partial charge in [-0.15, -0.1) is 0 Å². The molecule has 1 fully saturated rings. The van der Waals surface area contributed by atoms with E-state index in [0.29, 0.717) is 16.9 Å². The highest BCUT2D eigenvalue weighted by atomic mass is 35.5. The number of aromatic nitrogens is 1. The molecule has 0 radical (unpaired) electrons. The fourth-order valence-corrected chi connectivity index (χ4v) is 2.75. The summed E-state index contributed by atoms with van der Waals surface area (Å²) >= 11 is 5.71. The highest BCUT2D eigenvalue weighted by molar-refractivity contribution is 6.30. The first kappa shape index (κ1) is 13.6. The molecule has 3 nitrogen and oxygen atoms in total. The summed E-state index contributed by atoms with van der Waals surface area (Å²) < 4.78 is 13.8. The quantitative estimate of drug-likeness (QED) is 0.839. The number of pyridine rings is 1. The molecule has 1 aromatic rings. The number of nitrogens with zero attached hydrogens (tertiary/aromatic N) is 3. The van der Waals surface area contributed by atoms with Gasteiger partial charge in [0, 0.05) is 25.8 Å². The average Bonchev–Trinajstić information content (AvgIpc) is 2.76. The molecule has 1 saturated heterocycles. The molecule has 1 atom stereocenters. The third-order valence-electron chi connectivity index (χ3n) is 3.54. The average molecular weight is 272 g/mol. The molecule has 5 heteroatoms. The lowest BCUT2D eigenvalue weighted by atomic mass is 10.2. The first-order valence-corrected chi connectivity index (χ1v) is 6.76. The molecule has 0 N–H and O–H groups in total. The smallest absolute Gasteiger partial charge is 0.167 e. The van der Waals surface area contributed by atoms with Crippen LogP contribution in [0.3, 0.4) is 0 Å². The van der Waals surface area contributed by atoms with E-state index in [4.69, 9.17) is 11.6 Å². The Morgan fingerprint density at radius 2 is 2.39 bits per heavy atom. The minimum absolute atomic E-state index is 0.334. The number of likely N-dealkylation sites (N-methyl/N-ethyl adjacent to an activating group) is 2. The molecule has 0 amide bonds. The van der Waals surface area contributed by atoms with Gasteiger partial charge in [0.05, 0.1) is 5.02 Å². The van der Waals surface area contributed by atoms with Gasteiger partial charge in [-0.25, -0.2) is 9.37 Å². The number of hydrogen-bond donors (Lipinski definition) is 0. The van der Waals surface area contributed by atoms with E-state index >= 15 is 0 Å². The lowest BCUT2D eigenvalue weighted by molar-refractivity contribution is 0.270. The van der Waals surface area contributed by atoms with Gasteiger partial charge in [-0.05, 0) is 32.0 Å². The highest BCUT2D eigenvalue weighted by Crippen LogP contribution is 2.22. The van der Waals surface area contributed by atoms with Gasteiger partial charge in [0.2, 0.25) is 0 Å². The first-order valence-electron chi connectivity index (χ1n) is 6.38. The maximum absolute atomic E-state index is 13.8. The third-order valence-corrected chi connectivity index (χ3v) is 3.75. The highest BCUT2D eigenvalue weighted by Gasteiger charge is 2.25. The zero-order valence-corrected chi connectivity index (χ0v) is 11.6. The van der Waals surface area contributed by atoms with Crippen molar-refractivity contribution in [2.45, 2.75) is 25.8 Å². The summed E-state index contributed by atoms with van der Waals surface area (Å²) in [6.07, 6.45) is 3.89. The van der Waals surface area contributed by atoms with Crippen LogP contribution in [-0.4, -0.2) is 42.6 Å². The largest absolute Gasteiger partial charge is 0.356 e. The standard InChI is InChI=1S/C13H19ClFN3/c1-3-18-6-4-5-11(18)9-17(2)13-12(15)7-10(14)8-16-13/h7-8,11H,3-6,9H2,1-2H3. The molecule has 1 aliphatic heterocycles. The van der Waals surface area contributed by atoms with Crippen LogP contribution in [0.5, 0.6) is 0 Å². The zero-order chi connectivity index (χ0) is 13.1. The Kier molecular flexibility index (Phi) is 4.40. The predicted molar refractivity (Wildman–Crippen MR) is 72.7 cm³/mol. The summed E-state index contributed by atoms with van der Waals surface area (Å²) in [7, 11) is 1.88. The van der Waals surface area contributed by atoms with Crippen molar-refractivity contribution in [1.82, 2.24) is 9.88 Å². The zero-order valence-electron chi connectivity index (χ0n) is 10.9. The molecule has 0 bridgehead atoms. The van der Waals surface area contributed by atoms with Gasteiger partial charge in [0.25, 0.3) is 0 Å². The van der Waals surface area contributed by atoms with Gasteiger partial charge in [0.1, 0.15) is 0 Å². The summed E-state index contributed by atoms with van der Waals surface area (Å²) in [5, 5.41) is 0.334. The van der Waals surface area contributed by atoms with Crippen LogP contribution in [0, 0.1) is 5.82 Å². The molecule has 0 spiro atoms. The second kappa shape index (κ2) is 5.85. The maximum Gasteiger partial charge on any atom is 0.167 e.